The summed E-state index contributed by atoms with van der Waals surface area (Å²) in [6.07, 6.45) is -1.03. The molecule has 0 radical (unpaired) electrons. The molecular formula is C17H18FN3O4. The van der Waals surface area contributed by atoms with Gasteiger partial charge >= 0.3 is 6.09 Å². The first-order valence-corrected chi connectivity index (χ1v) is 8.25. The lowest BCUT2D eigenvalue weighted by atomic mass is 10.1. The van der Waals surface area contributed by atoms with Crippen LogP contribution in [0.5, 0.6) is 0 Å². The van der Waals surface area contributed by atoms with Crippen molar-refractivity contribution in [1.82, 2.24) is 10.6 Å². The molecule has 2 saturated heterocycles. The second kappa shape index (κ2) is 5.72. The maximum absolute atomic E-state index is 14.5. The van der Waals surface area contributed by atoms with Crippen molar-refractivity contribution in [3.05, 3.63) is 29.6 Å². The van der Waals surface area contributed by atoms with Crippen LogP contribution in [-0.4, -0.2) is 43.6 Å². The van der Waals surface area contributed by atoms with Gasteiger partial charge in [0, 0.05) is 19.4 Å². The number of carbonyl (C=O) groups is 3. The highest BCUT2D eigenvalue weighted by Gasteiger charge is 2.59. The molecule has 4 atom stereocenters. The zero-order valence-corrected chi connectivity index (χ0v) is 13.6. The number of piperidine rings is 1. The molecule has 132 valence electrons. The van der Waals surface area contributed by atoms with E-state index < -0.39 is 18.0 Å². The third kappa shape index (κ3) is 2.71. The number of nitrogens with one attached hydrogen (secondary N) is 2. The van der Waals surface area contributed by atoms with E-state index in [9.17, 15) is 18.8 Å². The minimum absolute atomic E-state index is 0.0117. The van der Waals surface area contributed by atoms with E-state index in [1.54, 1.807) is 12.1 Å². The lowest BCUT2D eigenvalue weighted by molar-refractivity contribution is -0.121. The first-order valence-electron chi connectivity index (χ1n) is 8.25. The van der Waals surface area contributed by atoms with Crippen LogP contribution in [0.25, 0.3) is 0 Å². The van der Waals surface area contributed by atoms with Crippen LogP contribution in [0.2, 0.25) is 0 Å². The van der Waals surface area contributed by atoms with Crippen molar-refractivity contribution in [2.45, 2.75) is 18.9 Å². The number of carbonyl (C=O) groups excluding carboxylic acids is 3. The number of hydrogen-bond donors (Lipinski definition) is 2. The van der Waals surface area contributed by atoms with Crippen molar-refractivity contribution in [1.29, 1.82) is 0 Å². The number of amides is 3. The molecule has 1 aliphatic carbocycles. The van der Waals surface area contributed by atoms with Gasteiger partial charge in [0.05, 0.1) is 24.7 Å². The van der Waals surface area contributed by atoms with Crippen LogP contribution in [0.1, 0.15) is 18.4 Å². The third-order valence-electron chi connectivity index (χ3n) is 5.09. The molecule has 0 spiro atoms. The highest BCUT2D eigenvalue weighted by Crippen LogP contribution is 2.57. The number of cyclic esters (lactones) is 1. The van der Waals surface area contributed by atoms with Crippen molar-refractivity contribution < 1.29 is 23.5 Å². The smallest absolute Gasteiger partial charge is 0.414 e. The normalized spacial score (nSPS) is 29.9. The highest BCUT2D eigenvalue weighted by atomic mass is 19.1. The number of hydrogen-bond acceptors (Lipinski definition) is 4. The standard InChI is InChI=1S/C17H18FN3O4/c1-8(22)19-5-10-7-21(17(24)25-10)9-2-3-11(13(18)4-9)14-12-6-20-16(23)15(12)14/h2-4,10,12,14-15H,5-7H2,1H3,(H,19,22)(H,20,23)/t10-,12+,14+,15+/m0/s1. The van der Waals surface area contributed by atoms with Crippen LogP contribution in [0, 0.1) is 17.7 Å². The van der Waals surface area contributed by atoms with Crippen molar-refractivity contribution in [2.75, 3.05) is 24.5 Å². The van der Waals surface area contributed by atoms with Gasteiger partial charge < -0.3 is 15.4 Å². The van der Waals surface area contributed by atoms with Crippen molar-refractivity contribution in [3.8, 4) is 0 Å². The summed E-state index contributed by atoms with van der Waals surface area (Å²) in [6, 6.07) is 4.63. The SMILES string of the molecule is CC(=O)NC[C@H]1CN(c2ccc([C@@H]3[C@H]4CNC(=O)[C@H]43)c(F)c2)C(=O)O1. The molecular weight excluding hydrogens is 329 g/mol. The van der Waals surface area contributed by atoms with Crippen LogP contribution in [-0.2, 0) is 14.3 Å². The largest absolute Gasteiger partial charge is 0.442 e. The second-order valence-electron chi connectivity index (χ2n) is 6.72. The Bertz CT molecular complexity index is 768. The van der Waals surface area contributed by atoms with E-state index in [2.05, 4.69) is 10.6 Å². The summed E-state index contributed by atoms with van der Waals surface area (Å²) < 4.78 is 19.7. The lowest BCUT2D eigenvalue weighted by Crippen LogP contribution is -2.33. The minimum Gasteiger partial charge on any atom is -0.442 e. The van der Waals surface area contributed by atoms with Gasteiger partial charge in [-0.1, -0.05) is 6.07 Å². The predicted octanol–water partition coefficient (Wildman–Crippen LogP) is 0.746. The Labute approximate surface area is 143 Å². The first-order chi connectivity index (χ1) is 12.0. The molecule has 3 fully saturated rings. The Hall–Kier alpha value is -2.64. The fourth-order valence-electron chi connectivity index (χ4n) is 3.80. The van der Waals surface area contributed by atoms with Gasteiger partial charge in [-0.25, -0.2) is 9.18 Å². The van der Waals surface area contributed by atoms with Crippen LogP contribution in [0.4, 0.5) is 14.9 Å². The number of anilines is 1. The molecule has 1 aromatic rings. The van der Waals surface area contributed by atoms with Crippen molar-refractivity contribution >= 4 is 23.6 Å². The van der Waals surface area contributed by atoms with E-state index in [1.807, 2.05) is 0 Å². The molecule has 1 aromatic carbocycles. The van der Waals surface area contributed by atoms with Crippen molar-refractivity contribution in [3.63, 3.8) is 0 Å². The molecule has 2 N–H and O–H groups in total. The van der Waals surface area contributed by atoms with Crippen LogP contribution in [0.15, 0.2) is 18.2 Å². The topological polar surface area (TPSA) is 87.7 Å². The van der Waals surface area contributed by atoms with Gasteiger partial charge in [-0.05, 0) is 23.6 Å². The minimum atomic E-state index is -0.565. The molecule has 3 amide bonds. The van der Waals surface area contributed by atoms with Crippen LogP contribution < -0.4 is 15.5 Å². The van der Waals surface area contributed by atoms with Gasteiger partial charge in [-0.3, -0.25) is 14.5 Å². The Balaban J connectivity index is 1.47. The molecule has 2 aliphatic heterocycles. The average molecular weight is 347 g/mol. The summed E-state index contributed by atoms with van der Waals surface area (Å²) in [7, 11) is 0. The van der Waals surface area contributed by atoms with Gasteiger partial charge in [-0.15, -0.1) is 0 Å². The third-order valence-corrected chi connectivity index (χ3v) is 5.09. The molecule has 0 aromatic heterocycles. The summed E-state index contributed by atoms with van der Waals surface area (Å²) in [4.78, 5) is 35.9. The Morgan fingerprint density at radius 2 is 2.20 bits per heavy atom. The number of benzene rings is 1. The number of halogens is 1. The Morgan fingerprint density at radius 1 is 1.40 bits per heavy atom. The van der Waals surface area contributed by atoms with E-state index in [0.29, 0.717) is 17.8 Å². The van der Waals surface area contributed by atoms with Crippen LogP contribution >= 0.6 is 0 Å². The molecule has 7 nitrogen and oxygen atoms in total. The number of nitrogens with zero attached hydrogens (tertiary/aromatic N) is 1. The quantitative estimate of drug-likeness (QED) is 0.841. The first kappa shape index (κ1) is 15.9. The maximum atomic E-state index is 14.5. The van der Waals surface area contributed by atoms with Gasteiger partial charge in [0.1, 0.15) is 11.9 Å². The zero-order valence-electron chi connectivity index (χ0n) is 13.6. The van der Waals surface area contributed by atoms with Crippen LogP contribution in [0.3, 0.4) is 0 Å². The predicted molar refractivity (Wildman–Crippen MR) is 85.4 cm³/mol. The second-order valence-corrected chi connectivity index (χ2v) is 6.72. The van der Waals surface area contributed by atoms with Gasteiger partial charge in [-0.2, -0.15) is 0 Å². The summed E-state index contributed by atoms with van der Waals surface area (Å²) in [5, 5.41) is 5.36. The fourth-order valence-corrected chi connectivity index (χ4v) is 3.80. The number of ether oxygens (including phenoxy) is 1. The van der Waals surface area contributed by atoms with E-state index in [1.165, 1.54) is 17.9 Å². The van der Waals surface area contributed by atoms with Crippen molar-refractivity contribution in [2.24, 2.45) is 11.8 Å². The lowest BCUT2D eigenvalue weighted by Gasteiger charge is -2.15. The maximum Gasteiger partial charge on any atom is 0.414 e. The molecule has 4 rings (SSSR count). The average Bonchev–Trinajstić information content (AvgIpc) is 2.96. The number of rotatable bonds is 4. The molecule has 8 heteroatoms. The Kier molecular flexibility index (Phi) is 3.63. The zero-order chi connectivity index (χ0) is 17.7. The van der Waals surface area contributed by atoms with E-state index in [-0.39, 0.29) is 42.7 Å². The van der Waals surface area contributed by atoms with Gasteiger partial charge in [0.2, 0.25) is 11.8 Å². The summed E-state index contributed by atoms with van der Waals surface area (Å²) >= 11 is 0. The monoisotopic (exact) mass is 347 g/mol. The summed E-state index contributed by atoms with van der Waals surface area (Å²) in [5.41, 5.74) is 0.933. The van der Waals surface area contributed by atoms with Gasteiger partial charge in [0.25, 0.3) is 0 Å². The molecule has 3 aliphatic rings. The molecule has 1 saturated carbocycles. The summed E-state index contributed by atoms with van der Waals surface area (Å²) in [6.45, 7) is 2.45. The highest BCUT2D eigenvalue weighted by molar-refractivity contribution is 5.90. The van der Waals surface area contributed by atoms with E-state index >= 15 is 0 Å². The van der Waals surface area contributed by atoms with Gasteiger partial charge in [0.15, 0.2) is 0 Å². The Morgan fingerprint density at radius 3 is 2.84 bits per heavy atom. The summed E-state index contributed by atoms with van der Waals surface area (Å²) in [5.74, 6) is -0.652. The number of fused-ring (bicyclic) bond motifs is 1. The molecule has 0 unspecified atom stereocenters. The molecule has 2 heterocycles. The fraction of sp³-hybridized carbons (Fsp3) is 0.471. The van der Waals surface area contributed by atoms with E-state index in [4.69, 9.17) is 4.74 Å². The molecule has 0 bridgehead atoms. The van der Waals surface area contributed by atoms with E-state index in [0.717, 1.165) is 0 Å². The molecule has 25 heavy (non-hydrogen) atoms.